The van der Waals surface area contributed by atoms with Crippen LogP contribution in [0.5, 0.6) is 0 Å². The Morgan fingerprint density at radius 3 is 2.38 bits per heavy atom. The standard InChI is InChI=1S/C18H24O3/c1-14(10-13-17(20)21-18(2,3)4)16(19)12-11-15-8-6-5-7-9-15/h5-14,16,19H,1-4H3/b12-11+,13-10+/t14-,16-/m1/s1. The molecule has 0 saturated heterocycles. The lowest BCUT2D eigenvalue weighted by molar-refractivity contribution is -0.148. The average molecular weight is 288 g/mol. The highest BCUT2D eigenvalue weighted by Gasteiger charge is 2.15. The van der Waals surface area contributed by atoms with Crippen LogP contribution in [0.1, 0.15) is 33.3 Å². The number of esters is 1. The van der Waals surface area contributed by atoms with E-state index in [1.807, 2.05) is 64.1 Å². The molecule has 0 spiro atoms. The van der Waals surface area contributed by atoms with Crippen LogP contribution in [0.15, 0.2) is 48.6 Å². The summed E-state index contributed by atoms with van der Waals surface area (Å²) in [6.45, 7) is 7.31. The number of carbonyl (C=O) groups is 1. The van der Waals surface area contributed by atoms with Gasteiger partial charge in [0.15, 0.2) is 0 Å². The summed E-state index contributed by atoms with van der Waals surface area (Å²) in [5.74, 6) is -0.564. The maximum atomic E-state index is 11.6. The third kappa shape index (κ3) is 7.47. The van der Waals surface area contributed by atoms with Gasteiger partial charge in [0, 0.05) is 12.0 Å². The van der Waals surface area contributed by atoms with E-state index in [4.69, 9.17) is 4.74 Å². The summed E-state index contributed by atoms with van der Waals surface area (Å²) in [6.07, 6.45) is 5.97. The highest BCUT2D eigenvalue weighted by Crippen LogP contribution is 2.11. The summed E-state index contributed by atoms with van der Waals surface area (Å²) in [5, 5.41) is 10.0. The number of hydrogen-bond acceptors (Lipinski definition) is 3. The molecule has 114 valence electrons. The Morgan fingerprint density at radius 2 is 1.81 bits per heavy atom. The fraction of sp³-hybridized carbons (Fsp3) is 0.389. The van der Waals surface area contributed by atoms with Gasteiger partial charge in [-0.05, 0) is 26.3 Å². The van der Waals surface area contributed by atoms with E-state index in [1.54, 1.807) is 12.2 Å². The van der Waals surface area contributed by atoms with Gasteiger partial charge in [-0.1, -0.05) is 55.5 Å². The fourth-order valence-electron chi connectivity index (χ4n) is 1.63. The van der Waals surface area contributed by atoms with E-state index in [9.17, 15) is 9.90 Å². The van der Waals surface area contributed by atoms with Crippen LogP contribution in [0, 0.1) is 5.92 Å². The molecule has 0 fully saturated rings. The Labute approximate surface area is 127 Å². The van der Waals surface area contributed by atoms with Gasteiger partial charge in [0.2, 0.25) is 0 Å². The van der Waals surface area contributed by atoms with Crippen LogP contribution in [-0.2, 0) is 9.53 Å². The summed E-state index contributed by atoms with van der Waals surface area (Å²) < 4.78 is 5.17. The summed E-state index contributed by atoms with van der Waals surface area (Å²) in [5.41, 5.74) is 0.524. The summed E-state index contributed by atoms with van der Waals surface area (Å²) in [4.78, 5) is 11.6. The minimum Gasteiger partial charge on any atom is -0.457 e. The summed E-state index contributed by atoms with van der Waals surface area (Å²) in [7, 11) is 0. The Kier molecular flexibility index (Phi) is 6.38. The van der Waals surface area contributed by atoms with E-state index in [0.717, 1.165) is 5.56 Å². The Morgan fingerprint density at radius 1 is 1.19 bits per heavy atom. The second-order valence-corrected chi connectivity index (χ2v) is 6.01. The minimum atomic E-state index is -0.649. The lowest BCUT2D eigenvalue weighted by atomic mass is 10.0. The van der Waals surface area contributed by atoms with Crippen LogP contribution in [0.4, 0.5) is 0 Å². The number of aliphatic hydroxyl groups excluding tert-OH is 1. The zero-order valence-corrected chi connectivity index (χ0v) is 13.1. The van der Waals surface area contributed by atoms with Crippen molar-refractivity contribution in [2.24, 2.45) is 5.92 Å². The van der Waals surface area contributed by atoms with E-state index in [1.165, 1.54) is 6.08 Å². The highest BCUT2D eigenvalue weighted by atomic mass is 16.6. The number of carbonyl (C=O) groups excluding carboxylic acids is 1. The number of ether oxygens (including phenoxy) is 1. The second-order valence-electron chi connectivity index (χ2n) is 6.01. The molecule has 0 amide bonds. The topological polar surface area (TPSA) is 46.5 Å². The van der Waals surface area contributed by atoms with Crippen molar-refractivity contribution in [3.05, 3.63) is 54.1 Å². The predicted octanol–water partition coefficient (Wildman–Crippen LogP) is 3.59. The van der Waals surface area contributed by atoms with Crippen LogP contribution in [0.25, 0.3) is 6.08 Å². The summed E-state index contributed by atoms with van der Waals surface area (Å²) in [6, 6.07) is 9.75. The minimum absolute atomic E-state index is 0.169. The van der Waals surface area contributed by atoms with Crippen molar-refractivity contribution in [1.29, 1.82) is 0 Å². The molecule has 1 aromatic rings. The number of benzene rings is 1. The zero-order chi connectivity index (χ0) is 15.9. The van der Waals surface area contributed by atoms with Crippen LogP contribution in [0.2, 0.25) is 0 Å². The molecule has 2 atom stereocenters. The van der Waals surface area contributed by atoms with Crippen LogP contribution in [0.3, 0.4) is 0 Å². The van der Waals surface area contributed by atoms with Crippen molar-refractivity contribution in [3.63, 3.8) is 0 Å². The molecular formula is C18H24O3. The smallest absolute Gasteiger partial charge is 0.330 e. The quantitative estimate of drug-likeness (QED) is 0.665. The third-order valence-corrected chi connectivity index (χ3v) is 2.77. The Bertz CT molecular complexity index is 495. The molecule has 0 aliphatic rings. The van der Waals surface area contributed by atoms with E-state index in [-0.39, 0.29) is 5.92 Å². The molecule has 3 heteroatoms. The van der Waals surface area contributed by atoms with Crippen molar-refractivity contribution in [2.75, 3.05) is 0 Å². The zero-order valence-electron chi connectivity index (χ0n) is 13.1. The van der Waals surface area contributed by atoms with E-state index in [0.29, 0.717) is 0 Å². The number of aliphatic hydroxyl groups is 1. The van der Waals surface area contributed by atoms with Gasteiger partial charge in [0.1, 0.15) is 5.60 Å². The first kappa shape index (κ1) is 17.2. The van der Waals surface area contributed by atoms with Gasteiger partial charge in [-0.2, -0.15) is 0 Å². The first-order valence-electron chi connectivity index (χ1n) is 7.10. The van der Waals surface area contributed by atoms with Crippen molar-refractivity contribution in [1.82, 2.24) is 0 Å². The molecule has 1 rings (SSSR count). The van der Waals surface area contributed by atoms with Gasteiger partial charge in [-0.15, -0.1) is 0 Å². The molecule has 21 heavy (non-hydrogen) atoms. The maximum absolute atomic E-state index is 11.6. The molecule has 1 aromatic carbocycles. The summed E-state index contributed by atoms with van der Waals surface area (Å²) >= 11 is 0. The second kappa shape index (κ2) is 7.79. The van der Waals surface area contributed by atoms with E-state index < -0.39 is 17.7 Å². The Balaban J connectivity index is 2.53. The van der Waals surface area contributed by atoms with E-state index >= 15 is 0 Å². The molecule has 0 radical (unpaired) electrons. The Hall–Kier alpha value is -1.87. The van der Waals surface area contributed by atoms with Gasteiger partial charge in [-0.3, -0.25) is 0 Å². The molecule has 0 aliphatic heterocycles. The van der Waals surface area contributed by atoms with Gasteiger partial charge in [0.25, 0.3) is 0 Å². The first-order valence-corrected chi connectivity index (χ1v) is 7.10. The van der Waals surface area contributed by atoms with Crippen LogP contribution < -0.4 is 0 Å². The molecule has 0 bridgehead atoms. The van der Waals surface area contributed by atoms with Gasteiger partial charge >= 0.3 is 5.97 Å². The molecule has 0 unspecified atom stereocenters. The van der Waals surface area contributed by atoms with Crippen molar-refractivity contribution in [3.8, 4) is 0 Å². The number of hydrogen-bond donors (Lipinski definition) is 1. The molecule has 0 aliphatic carbocycles. The van der Waals surface area contributed by atoms with Gasteiger partial charge in [-0.25, -0.2) is 4.79 Å². The molecule has 1 N–H and O–H groups in total. The van der Waals surface area contributed by atoms with Gasteiger partial charge < -0.3 is 9.84 Å². The predicted molar refractivity (Wildman–Crippen MR) is 85.6 cm³/mol. The van der Waals surface area contributed by atoms with E-state index in [2.05, 4.69) is 0 Å². The number of rotatable bonds is 5. The normalized spacial score (nSPS) is 15.3. The largest absolute Gasteiger partial charge is 0.457 e. The molecule has 0 saturated carbocycles. The molecular weight excluding hydrogens is 264 g/mol. The molecule has 3 nitrogen and oxygen atoms in total. The third-order valence-electron chi connectivity index (χ3n) is 2.77. The highest BCUT2D eigenvalue weighted by molar-refractivity contribution is 5.82. The lowest BCUT2D eigenvalue weighted by Gasteiger charge is -2.18. The lowest BCUT2D eigenvalue weighted by Crippen LogP contribution is -2.23. The van der Waals surface area contributed by atoms with Gasteiger partial charge in [0.05, 0.1) is 6.10 Å². The fourth-order valence-corrected chi connectivity index (χ4v) is 1.63. The average Bonchev–Trinajstić information content (AvgIpc) is 2.41. The van der Waals surface area contributed by atoms with Crippen LogP contribution in [-0.4, -0.2) is 22.8 Å². The van der Waals surface area contributed by atoms with Crippen molar-refractivity contribution < 1.29 is 14.6 Å². The first-order chi connectivity index (χ1) is 9.78. The van der Waals surface area contributed by atoms with Crippen molar-refractivity contribution >= 4 is 12.0 Å². The monoisotopic (exact) mass is 288 g/mol. The van der Waals surface area contributed by atoms with Crippen molar-refractivity contribution in [2.45, 2.75) is 39.4 Å². The molecule has 0 aromatic heterocycles. The van der Waals surface area contributed by atoms with Crippen LogP contribution >= 0.6 is 0 Å². The SMILES string of the molecule is C[C@H](/C=C/C(=O)OC(C)(C)C)[C@H](O)/C=C/c1ccccc1. The maximum Gasteiger partial charge on any atom is 0.330 e. The molecule has 0 heterocycles.